The molecule has 20 heavy (non-hydrogen) atoms. The van der Waals surface area contributed by atoms with Crippen LogP contribution in [0.4, 0.5) is 4.39 Å². The molecule has 0 aliphatic carbocycles. The predicted octanol–water partition coefficient (Wildman–Crippen LogP) is 3.18. The first-order valence-electron chi connectivity index (χ1n) is 6.65. The van der Waals surface area contributed by atoms with Gasteiger partial charge in [-0.25, -0.2) is 4.39 Å². The van der Waals surface area contributed by atoms with E-state index in [0.717, 1.165) is 0 Å². The van der Waals surface area contributed by atoms with E-state index < -0.39 is 24.1 Å². The maximum absolute atomic E-state index is 14.0. The van der Waals surface area contributed by atoms with Gasteiger partial charge in [-0.1, -0.05) is 11.6 Å². The summed E-state index contributed by atoms with van der Waals surface area (Å²) in [7, 11) is -0.699. The predicted molar refractivity (Wildman–Crippen MR) is 78.3 cm³/mol. The van der Waals surface area contributed by atoms with Crippen molar-refractivity contribution < 1.29 is 18.4 Å². The Morgan fingerprint density at radius 3 is 2.25 bits per heavy atom. The van der Waals surface area contributed by atoms with Crippen LogP contribution in [0.1, 0.15) is 34.6 Å². The molecule has 0 saturated carbocycles. The van der Waals surface area contributed by atoms with Gasteiger partial charge in [0, 0.05) is 10.5 Å². The van der Waals surface area contributed by atoms with Crippen molar-refractivity contribution in [1.29, 1.82) is 0 Å². The highest BCUT2D eigenvalue weighted by Crippen LogP contribution is 2.37. The normalized spacial score (nSPS) is 20.2. The third-order valence-corrected chi connectivity index (χ3v) is 4.05. The van der Waals surface area contributed by atoms with Gasteiger partial charge in [-0.2, -0.15) is 0 Å². The zero-order chi connectivity index (χ0) is 15.1. The molecule has 6 heteroatoms. The number of hydrogen-bond donors (Lipinski definition) is 0. The maximum atomic E-state index is 14.0. The Morgan fingerprint density at radius 2 is 1.75 bits per heavy atom. The molecule has 1 aromatic carbocycles. The quantitative estimate of drug-likeness (QED) is 0.803. The number of rotatable bonds is 3. The van der Waals surface area contributed by atoms with Crippen molar-refractivity contribution in [3.8, 4) is 5.75 Å². The molecule has 3 nitrogen and oxygen atoms in total. The highest BCUT2D eigenvalue weighted by molar-refractivity contribution is 6.63. The van der Waals surface area contributed by atoms with E-state index in [1.54, 1.807) is 13.0 Å². The van der Waals surface area contributed by atoms with Gasteiger partial charge in [0.15, 0.2) is 11.6 Å². The van der Waals surface area contributed by atoms with Crippen LogP contribution in [0.2, 0.25) is 5.02 Å². The zero-order valence-electron chi connectivity index (χ0n) is 12.4. The Hall–Kier alpha value is -0.775. The van der Waals surface area contributed by atoms with Crippen LogP contribution >= 0.6 is 11.6 Å². The van der Waals surface area contributed by atoms with Gasteiger partial charge in [0.05, 0.1) is 17.8 Å². The first-order chi connectivity index (χ1) is 9.18. The van der Waals surface area contributed by atoms with Crippen LogP contribution in [0.25, 0.3) is 0 Å². The van der Waals surface area contributed by atoms with Crippen LogP contribution < -0.4 is 10.2 Å². The minimum absolute atomic E-state index is 0.135. The lowest BCUT2D eigenvalue weighted by Crippen LogP contribution is -2.41. The molecule has 1 saturated heterocycles. The van der Waals surface area contributed by atoms with Gasteiger partial charge in [-0.05, 0) is 46.8 Å². The fourth-order valence-electron chi connectivity index (χ4n) is 2.02. The third kappa shape index (κ3) is 2.67. The Balaban J connectivity index is 2.44. The molecular weight excluding hydrogens is 281 g/mol. The minimum Gasteiger partial charge on any atom is -0.491 e. The van der Waals surface area contributed by atoms with Gasteiger partial charge >= 0.3 is 7.12 Å². The SMILES string of the molecule is CCOc1c(F)cc(Cl)cc1B1OC(C)(C)C(C)(C)O1. The highest BCUT2D eigenvalue weighted by Gasteiger charge is 2.52. The summed E-state index contributed by atoms with van der Waals surface area (Å²) < 4.78 is 31.2. The summed E-state index contributed by atoms with van der Waals surface area (Å²) in [6, 6.07) is 2.85. The first kappa shape index (κ1) is 15.6. The van der Waals surface area contributed by atoms with E-state index in [9.17, 15) is 4.39 Å². The maximum Gasteiger partial charge on any atom is 0.498 e. The minimum atomic E-state index is -0.699. The number of hydrogen-bond acceptors (Lipinski definition) is 3. The smallest absolute Gasteiger partial charge is 0.491 e. The number of halogens is 2. The second kappa shape index (κ2) is 5.21. The Labute approximate surface area is 124 Å². The lowest BCUT2D eigenvalue weighted by atomic mass is 9.78. The van der Waals surface area contributed by atoms with E-state index in [1.165, 1.54) is 6.07 Å². The molecule has 1 aromatic rings. The van der Waals surface area contributed by atoms with Crippen molar-refractivity contribution in [3.05, 3.63) is 23.0 Å². The third-order valence-electron chi connectivity index (χ3n) is 3.83. The second-order valence-corrected chi connectivity index (χ2v) is 6.26. The number of benzene rings is 1. The largest absolute Gasteiger partial charge is 0.498 e. The molecule has 0 radical (unpaired) electrons. The number of ether oxygens (including phenoxy) is 1. The average molecular weight is 301 g/mol. The van der Waals surface area contributed by atoms with Gasteiger partial charge in [0.2, 0.25) is 0 Å². The molecule has 110 valence electrons. The van der Waals surface area contributed by atoms with E-state index in [2.05, 4.69) is 0 Å². The second-order valence-electron chi connectivity index (χ2n) is 5.83. The summed E-state index contributed by atoms with van der Waals surface area (Å²) >= 11 is 5.94. The van der Waals surface area contributed by atoms with Gasteiger partial charge in [0.1, 0.15) is 0 Å². The van der Waals surface area contributed by atoms with Crippen molar-refractivity contribution in [2.45, 2.75) is 45.8 Å². The molecule has 0 amide bonds. The lowest BCUT2D eigenvalue weighted by molar-refractivity contribution is 0.00578. The van der Waals surface area contributed by atoms with E-state index in [0.29, 0.717) is 12.1 Å². The van der Waals surface area contributed by atoms with Crippen LogP contribution in [0.15, 0.2) is 12.1 Å². The van der Waals surface area contributed by atoms with Crippen LogP contribution in [0, 0.1) is 5.82 Å². The monoisotopic (exact) mass is 300 g/mol. The van der Waals surface area contributed by atoms with Gasteiger partial charge in [0.25, 0.3) is 0 Å². The van der Waals surface area contributed by atoms with E-state index in [1.807, 2.05) is 27.7 Å². The summed E-state index contributed by atoms with van der Waals surface area (Å²) in [5.41, 5.74) is -0.518. The Morgan fingerprint density at radius 1 is 1.20 bits per heavy atom. The van der Waals surface area contributed by atoms with E-state index >= 15 is 0 Å². The molecule has 0 spiro atoms. The zero-order valence-corrected chi connectivity index (χ0v) is 13.2. The Bertz CT molecular complexity index is 503. The summed E-state index contributed by atoms with van der Waals surface area (Å²) in [5.74, 6) is -0.375. The lowest BCUT2D eigenvalue weighted by Gasteiger charge is -2.32. The van der Waals surface area contributed by atoms with Crippen molar-refractivity contribution >= 4 is 24.2 Å². The Kier molecular flexibility index (Phi) is 4.06. The fraction of sp³-hybridized carbons (Fsp3) is 0.571. The van der Waals surface area contributed by atoms with Gasteiger partial charge in [-0.3, -0.25) is 0 Å². The van der Waals surface area contributed by atoms with Crippen LogP contribution in [-0.4, -0.2) is 24.9 Å². The molecule has 0 atom stereocenters. The summed E-state index contributed by atoms with van der Waals surface area (Å²) in [6.45, 7) is 9.90. The molecule has 1 aliphatic rings. The molecule has 0 bridgehead atoms. The summed E-state index contributed by atoms with van der Waals surface area (Å²) in [4.78, 5) is 0. The average Bonchev–Trinajstić information content (AvgIpc) is 2.51. The van der Waals surface area contributed by atoms with Gasteiger partial charge in [-0.15, -0.1) is 0 Å². The molecule has 1 fully saturated rings. The van der Waals surface area contributed by atoms with Crippen LogP contribution in [-0.2, 0) is 9.31 Å². The molecule has 1 heterocycles. The van der Waals surface area contributed by atoms with E-state index in [4.69, 9.17) is 25.6 Å². The van der Waals surface area contributed by atoms with Crippen molar-refractivity contribution in [3.63, 3.8) is 0 Å². The molecule has 0 aromatic heterocycles. The first-order valence-corrected chi connectivity index (χ1v) is 7.03. The van der Waals surface area contributed by atoms with Gasteiger partial charge < -0.3 is 14.0 Å². The standard InChI is InChI=1S/C14H19BClFO3/c1-6-18-12-10(7-9(16)8-11(12)17)15-19-13(2,3)14(4,5)20-15/h7-8H,6H2,1-5H3. The molecule has 0 N–H and O–H groups in total. The molecule has 2 rings (SSSR count). The fourth-order valence-corrected chi connectivity index (χ4v) is 2.24. The van der Waals surface area contributed by atoms with Crippen molar-refractivity contribution in [1.82, 2.24) is 0 Å². The summed E-state index contributed by atoms with van der Waals surface area (Å²) in [5, 5.41) is 0.288. The molecule has 0 unspecified atom stereocenters. The topological polar surface area (TPSA) is 27.7 Å². The molecular formula is C14H19BClFO3. The van der Waals surface area contributed by atoms with Crippen LogP contribution in [0.5, 0.6) is 5.75 Å². The van der Waals surface area contributed by atoms with Crippen molar-refractivity contribution in [2.24, 2.45) is 0 Å². The highest BCUT2D eigenvalue weighted by atomic mass is 35.5. The summed E-state index contributed by atoms with van der Waals surface area (Å²) in [6.07, 6.45) is 0. The van der Waals surface area contributed by atoms with Crippen LogP contribution in [0.3, 0.4) is 0 Å². The van der Waals surface area contributed by atoms with Crippen molar-refractivity contribution in [2.75, 3.05) is 6.61 Å². The molecule has 1 aliphatic heterocycles. The van der Waals surface area contributed by atoms with E-state index in [-0.39, 0.29) is 10.8 Å².